The van der Waals surface area contributed by atoms with Crippen LogP contribution in [-0.2, 0) is 16.0 Å². The number of nitrogens with one attached hydrogen (secondary N) is 1. The molecule has 1 rings (SSSR count). The fourth-order valence-electron chi connectivity index (χ4n) is 1.65. The molecule has 1 aromatic heterocycles. The third-order valence-electron chi connectivity index (χ3n) is 2.44. The van der Waals surface area contributed by atoms with Crippen molar-refractivity contribution >= 4 is 28.2 Å². The van der Waals surface area contributed by atoms with Gasteiger partial charge in [0.1, 0.15) is 11.4 Å². The van der Waals surface area contributed by atoms with Crippen molar-refractivity contribution < 1.29 is 14.3 Å². The Labute approximate surface area is 109 Å². The van der Waals surface area contributed by atoms with Crippen LogP contribution in [0.5, 0.6) is 0 Å². The Hall–Kier alpha value is -1.87. The van der Waals surface area contributed by atoms with Crippen molar-refractivity contribution in [3.63, 3.8) is 0 Å². The molecule has 0 spiro atoms. The minimum absolute atomic E-state index is 0.237. The van der Waals surface area contributed by atoms with Crippen molar-refractivity contribution in [2.45, 2.75) is 26.7 Å². The topological polar surface area (TPSA) is 79.2 Å². The van der Waals surface area contributed by atoms with E-state index < -0.39 is 11.9 Å². The number of anilines is 1. The molecule has 0 aliphatic rings. The summed E-state index contributed by atoms with van der Waals surface area (Å²) >= 11 is 1.32. The Morgan fingerprint density at radius 3 is 2.67 bits per heavy atom. The predicted octanol–water partition coefficient (Wildman–Crippen LogP) is 2.26. The zero-order chi connectivity index (χ0) is 13.7. The molecule has 1 heterocycles. The molecule has 6 heteroatoms. The van der Waals surface area contributed by atoms with Crippen molar-refractivity contribution in [1.29, 1.82) is 5.26 Å². The number of rotatable bonds is 4. The van der Waals surface area contributed by atoms with Gasteiger partial charge >= 0.3 is 5.97 Å². The Bertz CT molecular complexity index is 514. The normalized spacial score (nSPS) is 9.67. The highest BCUT2D eigenvalue weighted by Gasteiger charge is 2.22. The van der Waals surface area contributed by atoms with Gasteiger partial charge in [-0.3, -0.25) is 4.79 Å². The van der Waals surface area contributed by atoms with Gasteiger partial charge in [-0.15, -0.1) is 11.3 Å². The van der Waals surface area contributed by atoms with Crippen LogP contribution < -0.4 is 5.32 Å². The quantitative estimate of drug-likeness (QED) is 0.848. The second-order valence-electron chi connectivity index (χ2n) is 3.57. The van der Waals surface area contributed by atoms with E-state index in [1.807, 2.05) is 13.8 Å². The summed E-state index contributed by atoms with van der Waals surface area (Å²) in [6, 6.07) is 1.76. The van der Waals surface area contributed by atoms with Crippen LogP contribution in [0.15, 0.2) is 0 Å². The summed E-state index contributed by atoms with van der Waals surface area (Å²) in [4.78, 5) is 24.1. The van der Waals surface area contributed by atoms with E-state index in [4.69, 9.17) is 10.00 Å². The van der Waals surface area contributed by atoms with Crippen molar-refractivity contribution in [2.75, 3.05) is 12.4 Å². The highest BCUT2D eigenvalue weighted by atomic mass is 32.1. The van der Waals surface area contributed by atoms with Crippen molar-refractivity contribution in [3.05, 3.63) is 16.0 Å². The number of amides is 1. The van der Waals surface area contributed by atoms with Gasteiger partial charge < -0.3 is 10.1 Å². The lowest BCUT2D eigenvalue weighted by atomic mass is 10.1. The van der Waals surface area contributed by atoms with Crippen LogP contribution in [-0.4, -0.2) is 19.0 Å². The first-order valence-electron chi connectivity index (χ1n) is 5.42. The monoisotopic (exact) mass is 266 g/mol. The number of esters is 1. The number of ether oxygens (including phenoxy) is 1. The number of nitrogens with zero attached hydrogens (tertiary/aromatic N) is 1. The summed E-state index contributed by atoms with van der Waals surface area (Å²) in [6.07, 6.45) is 0.444. The fourth-order valence-corrected chi connectivity index (χ4v) is 2.80. The van der Waals surface area contributed by atoms with E-state index in [9.17, 15) is 9.59 Å². The molecule has 1 aromatic rings. The molecule has 0 radical (unpaired) electrons. The van der Waals surface area contributed by atoms with Gasteiger partial charge in [0.25, 0.3) is 0 Å². The summed E-state index contributed by atoms with van der Waals surface area (Å²) in [6.45, 7) is 3.82. The molecule has 1 N–H and O–H groups in total. The molecule has 18 heavy (non-hydrogen) atoms. The van der Waals surface area contributed by atoms with Crippen LogP contribution in [0.2, 0.25) is 0 Å². The van der Waals surface area contributed by atoms with E-state index in [1.165, 1.54) is 18.4 Å². The SMILES string of the molecule is CCc1c(C)sc(NC(=O)CC#N)c1C(=O)OC. The smallest absolute Gasteiger partial charge is 0.341 e. The highest BCUT2D eigenvalue weighted by Crippen LogP contribution is 2.33. The molecule has 0 fully saturated rings. The number of carbonyl (C=O) groups excluding carboxylic acids is 2. The lowest BCUT2D eigenvalue weighted by Crippen LogP contribution is -2.13. The summed E-state index contributed by atoms with van der Waals surface area (Å²) in [7, 11) is 1.30. The van der Waals surface area contributed by atoms with Crippen LogP contribution in [0.1, 0.15) is 34.1 Å². The number of aryl methyl sites for hydroxylation is 1. The standard InChI is InChI=1S/C12H14N2O3S/c1-4-8-7(2)18-11(10(8)12(16)17-3)14-9(15)5-6-13/h4-5H2,1-3H3,(H,14,15). The van der Waals surface area contributed by atoms with Crippen molar-refractivity contribution in [2.24, 2.45) is 0 Å². The zero-order valence-corrected chi connectivity index (χ0v) is 11.3. The average molecular weight is 266 g/mol. The molecule has 5 nitrogen and oxygen atoms in total. The van der Waals surface area contributed by atoms with E-state index >= 15 is 0 Å². The van der Waals surface area contributed by atoms with Gasteiger partial charge in [-0.25, -0.2) is 4.79 Å². The minimum Gasteiger partial charge on any atom is -0.465 e. The maximum Gasteiger partial charge on any atom is 0.341 e. The number of carbonyl (C=O) groups is 2. The Kier molecular flexibility index (Phi) is 4.86. The number of hydrogen-bond donors (Lipinski definition) is 1. The molecule has 0 saturated carbocycles. The van der Waals surface area contributed by atoms with Gasteiger partial charge in [-0.2, -0.15) is 5.26 Å². The second kappa shape index (κ2) is 6.17. The maximum absolute atomic E-state index is 11.7. The van der Waals surface area contributed by atoms with Gasteiger partial charge in [-0.1, -0.05) is 6.92 Å². The molecule has 96 valence electrons. The van der Waals surface area contributed by atoms with Gasteiger partial charge in [0.15, 0.2) is 0 Å². The van der Waals surface area contributed by atoms with Crippen molar-refractivity contribution in [1.82, 2.24) is 0 Å². The van der Waals surface area contributed by atoms with E-state index in [1.54, 1.807) is 6.07 Å². The van der Waals surface area contributed by atoms with Gasteiger partial charge in [-0.05, 0) is 18.9 Å². The molecule has 1 amide bonds. The highest BCUT2D eigenvalue weighted by molar-refractivity contribution is 7.16. The molecule has 0 aliphatic heterocycles. The van der Waals surface area contributed by atoms with E-state index in [0.29, 0.717) is 17.0 Å². The molecule has 0 bridgehead atoms. The predicted molar refractivity (Wildman–Crippen MR) is 68.6 cm³/mol. The van der Waals surface area contributed by atoms with E-state index in [0.717, 1.165) is 10.4 Å². The second-order valence-corrected chi connectivity index (χ2v) is 4.79. The van der Waals surface area contributed by atoms with Crippen LogP contribution in [0.4, 0.5) is 5.00 Å². The van der Waals surface area contributed by atoms with Gasteiger partial charge in [0.05, 0.1) is 18.7 Å². The van der Waals surface area contributed by atoms with Gasteiger partial charge in [0, 0.05) is 4.88 Å². The summed E-state index contributed by atoms with van der Waals surface area (Å²) in [5.74, 6) is -0.894. The van der Waals surface area contributed by atoms with E-state index in [-0.39, 0.29) is 6.42 Å². The van der Waals surface area contributed by atoms with Crippen LogP contribution in [0, 0.1) is 18.3 Å². The number of methoxy groups -OCH3 is 1. The lowest BCUT2D eigenvalue weighted by molar-refractivity contribution is -0.115. The third kappa shape index (κ3) is 2.87. The van der Waals surface area contributed by atoms with Gasteiger partial charge in [0.2, 0.25) is 5.91 Å². The minimum atomic E-state index is -0.469. The number of hydrogen-bond acceptors (Lipinski definition) is 5. The number of nitriles is 1. The Morgan fingerprint density at radius 1 is 1.50 bits per heavy atom. The molecule has 0 saturated heterocycles. The summed E-state index contributed by atoms with van der Waals surface area (Å²) in [5, 5.41) is 11.5. The van der Waals surface area contributed by atoms with Crippen molar-refractivity contribution in [3.8, 4) is 6.07 Å². The van der Waals surface area contributed by atoms with Crippen LogP contribution in [0.25, 0.3) is 0 Å². The largest absolute Gasteiger partial charge is 0.465 e. The first-order chi connectivity index (χ1) is 8.54. The first kappa shape index (κ1) is 14.2. The van der Waals surface area contributed by atoms with E-state index in [2.05, 4.69) is 5.32 Å². The Morgan fingerprint density at radius 2 is 2.17 bits per heavy atom. The molecule has 0 aliphatic carbocycles. The van der Waals surface area contributed by atoms with Crippen LogP contribution in [0.3, 0.4) is 0 Å². The summed E-state index contributed by atoms with van der Waals surface area (Å²) in [5.41, 5.74) is 1.27. The fraction of sp³-hybridized carbons (Fsp3) is 0.417. The third-order valence-corrected chi connectivity index (χ3v) is 3.51. The molecule has 0 aromatic carbocycles. The molecule has 0 unspecified atom stereocenters. The molecular weight excluding hydrogens is 252 g/mol. The average Bonchev–Trinajstić information content (AvgIpc) is 2.64. The molecular formula is C12H14N2O3S. The maximum atomic E-state index is 11.7. The lowest BCUT2D eigenvalue weighted by Gasteiger charge is -2.05. The van der Waals surface area contributed by atoms with Crippen LogP contribution >= 0.6 is 11.3 Å². The molecule has 0 atom stereocenters. The summed E-state index contributed by atoms with van der Waals surface area (Å²) < 4.78 is 4.73. The zero-order valence-electron chi connectivity index (χ0n) is 10.5. The first-order valence-corrected chi connectivity index (χ1v) is 6.24. The Balaban J connectivity index is 3.15. The number of thiophene rings is 1.